The molecule has 9 heteroatoms. The zero-order chi connectivity index (χ0) is 23.3. The van der Waals surface area contributed by atoms with Crippen molar-refractivity contribution in [1.29, 1.82) is 0 Å². The molecular formula is C23H26ClN5O2S. The largest absolute Gasteiger partial charge is 0.342 e. The second-order valence-electron chi connectivity index (χ2n) is 7.68. The van der Waals surface area contributed by atoms with E-state index in [1.165, 1.54) is 11.8 Å². The first-order chi connectivity index (χ1) is 15.3. The van der Waals surface area contributed by atoms with Gasteiger partial charge in [0.05, 0.1) is 11.8 Å². The third kappa shape index (κ3) is 5.89. The number of halogens is 1. The Morgan fingerprint density at radius 1 is 1.06 bits per heavy atom. The SMILES string of the molecule is CC(C)c1ccccc1NC(=O)CSc1nnc([C@@H](C)NC(=O)c2ccc(Cl)cc2)n1C. The van der Waals surface area contributed by atoms with Gasteiger partial charge in [-0.3, -0.25) is 9.59 Å². The van der Waals surface area contributed by atoms with Crippen LogP contribution in [0.3, 0.4) is 0 Å². The van der Waals surface area contributed by atoms with Crippen LogP contribution < -0.4 is 10.6 Å². The van der Waals surface area contributed by atoms with E-state index in [1.54, 1.807) is 28.8 Å². The predicted octanol–water partition coefficient (Wildman–Crippen LogP) is 4.81. The van der Waals surface area contributed by atoms with Crippen LogP contribution in [0.2, 0.25) is 5.02 Å². The highest BCUT2D eigenvalue weighted by Gasteiger charge is 2.19. The fourth-order valence-corrected chi connectivity index (χ4v) is 4.05. The minimum absolute atomic E-state index is 0.114. The van der Waals surface area contributed by atoms with Gasteiger partial charge in [0.2, 0.25) is 5.91 Å². The quantitative estimate of drug-likeness (QED) is 0.460. The molecule has 1 atom stereocenters. The smallest absolute Gasteiger partial charge is 0.251 e. The molecule has 1 aromatic heterocycles. The Morgan fingerprint density at radius 3 is 2.44 bits per heavy atom. The lowest BCUT2D eigenvalue weighted by Crippen LogP contribution is -2.28. The third-order valence-electron chi connectivity index (χ3n) is 4.90. The van der Waals surface area contributed by atoms with E-state index in [9.17, 15) is 9.59 Å². The average Bonchev–Trinajstić information content (AvgIpc) is 3.13. The summed E-state index contributed by atoms with van der Waals surface area (Å²) in [6.45, 7) is 6.02. The maximum atomic E-state index is 12.5. The van der Waals surface area contributed by atoms with Crippen LogP contribution in [0.25, 0.3) is 0 Å². The Labute approximate surface area is 197 Å². The molecule has 1 heterocycles. The van der Waals surface area contributed by atoms with Crippen molar-refractivity contribution in [3.05, 3.63) is 70.5 Å². The van der Waals surface area contributed by atoms with E-state index in [0.29, 0.717) is 27.5 Å². The Bertz CT molecular complexity index is 1100. The van der Waals surface area contributed by atoms with Gasteiger partial charge in [-0.25, -0.2) is 0 Å². The molecule has 0 radical (unpaired) electrons. The number of para-hydroxylation sites is 1. The van der Waals surface area contributed by atoms with Gasteiger partial charge in [-0.15, -0.1) is 10.2 Å². The molecule has 0 aliphatic rings. The molecular weight excluding hydrogens is 446 g/mol. The monoisotopic (exact) mass is 471 g/mol. The van der Waals surface area contributed by atoms with E-state index in [2.05, 4.69) is 34.7 Å². The van der Waals surface area contributed by atoms with Crippen molar-refractivity contribution in [2.75, 3.05) is 11.1 Å². The second kappa shape index (κ2) is 10.7. The molecule has 32 heavy (non-hydrogen) atoms. The van der Waals surface area contributed by atoms with E-state index in [0.717, 1.165) is 11.3 Å². The van der Waals surface area contributed by atoms with Gasteiger partial charge in [-0.05, 0) is 48.7 Å². The van der Waals surface area contributed by atoms with Crippen LogP contribution in [0.4, 0.5) is 5.69 Å². The normalized spacial score (nSPS) is 11.9. The fourth-order valence-electron chi connectivity index (χ4n) is 3.21. The average molecular weight is 472 g/mol. The van der Waals surface area contributed by atoms with Crippen molar-refractivity contribution >= 4 is 40.9 Å². The molecule has 3 rings (SSSR count). The zero-order valence-electron chi connectivity index (χ0n) is 18.4. The van der Waals surface area contributed by atoms with Crippen LogP contribution in [-0.2, 0) is 11.8 Å². The van der Waals surface area contributed by atoms with Gasteiger partial charge in [0.15, 0.2) is 11.0 Å². The topological polar surface area (TPSA) is 88.9 Å². The van der Waals surface area contributed by atoms with Gasteiger partial charge >= 0.3 is 0 Å². The lowest BCUT2D eigenvalue weighted by Gasteiger charge is -2.14. The molecule has 0 unspecified atom stereocenters. The van der Waals surface area contributed by atoms with Crippen molar-refractivity contribution in [1.82, 2.24) is 20.1 Å². The third-order valence-corrected chi connectivity index (χ3v) is 6.17. The highest BCUT2D eigenvalue weighted by molar-refractivity contribution is 7.99. The molecule has 2 aromatic carbocycles. The summed E-state index contributed by atoms with van der Waals surface area (Å²) < 4.78 is 1.78. The molecule has 0 saturated carbocycles. The number of rotatable bonds is 8. The van der Waals surface area contributed by atoms with Crippen LogP contribution in [0, 0.1) is 0 Å². The van der Waals surface area contributed by atoms with Crippen molar-refractivity contribution in [2.24, 2.45) is 7.05 Å². The minimum Gasteiger partial charge on any atom is -0.342 e. The van der Waals surface area contributed by atoms with Crippen molar-refractivity contribution in [2.45, 2.75) is 37.9 Å². The molecule has 2 N–H and O–H groups in total. The van der Waals surface area contributed by atoms with Crippen LogP contribution in [0.15, 0.2) is 53.7 Å². The molecule has 0 saturated heterocycles. The lowest BCUT2D eigenvalue weighted by atomic mass is 10.0. The van der Waals surface area contributed by atoms with Crippen molar-refractivity contribution in [3.63, 3.8) is 0 Å². The molecule has 168 valence electrons. The lowest BCUT2D eigenvalue weighted by molar-refractivity contribution is -0.113. The molecule has 7 nitrogen and oxygen atoms in total. The van der Waals surface area contributed by atoms with E-state index >= 15 is 0 Å². The Balaban J connectivity index is 1.59. The van der Waals surface area contributed by atoms with Gasteiger partial charge in [-0.2, -0.15) is 0 Å². The van der Waals surface area contributed by atoms with Crippen LogP contribution in [0.1, 0.15) is 54.5 Å². The maximum absolute atomic E-state index is 12.5. The van der Waals surface area contributed by atoms with Crippen LogP contribution in [0.5, 0.6) is 0 Å². The van der Waals surface area contributed by atoms with E-state index in [4.69, 9.17) is 11.6 Å². The van der Waals surface area contributed by atoms with E-state index in [1.807, 2.05) is 38.2 Å². The number of thioether (sulfide) groups is 1. The zero-order valence-corrected chi connectivity index (χ0v) is 20.0. The molecule has 3 aromatic rings. The van der Waals surface area contributed by atoms with E-state index < -0.39 is 0 Å². The summed E-state index contributed by atoms with van der Waals surface area (Å²) in [6.07, 6.45) is 0. The van der Waals surface area contributed by atoms with Gasteiger partial charge < -0.3 is 15.2 Å². The molecule has 0 aliphatic heterocycles. The van der Waals surface area contributed by atoms with Crippen LogP contribution >= 0.6 is 23.4 Å². The highest BCUT2D eigenvalue weighted by Crippen LogP contribution is 2.25. The molecule has 0 aliphatic carbocycles. The highest BCUT2D eigenvalue weighted by atomic mass is 35.5. The summed E-state index contributed by atoms with van der Waals surface area (Å²) in [6, 6.07) is 14.1. The number of nitrogens with zero attached hydrogens (tertiary/aromatic N) is 3. The van der Waals surface area contributed by atoms with Gasteiger partial charge in [0, 0.05) is 23.3 Å². The Morgan fingerprint density at radius 2 is 1.75 bits per heavy atom. The van der Waals surface area contributed by atoms with Gasteiger partial charge in [0.25, 0.3) is 5.91 Å². The van der Waals surface area contributed by atoms with Crippen molar-refractivity contribution < 1.29 is 9.59 Å². The summed E-state index contributed by atoms with van der Waals surface area (Å²) >= 11 is 7.17. The molecule has 0 fully saturated rings. The summed E-state index contributed by atoms with van der Waals surface area (Å²) in [5.74, 6) is 0.765. The van der Waals surface area contributed by atoms with E-state index in [-0.39, 0.29) is 23.6 Å². The number of aromatic nitrogens is 3. The number of carbonyl (C=O) groups is 2. The number of nitrogens with one attached hydrogen (secondary N) is 2. The number of hydrogen-bond donors (Lipinski definition) is 2. The first-order valence-electron chi connectivity index (χ1n) is 10.2. The summed E-state index contributed by atoms with van der Waals surface area (Å²) in [5.41, 5.74) is 2.43. The van der Waals surface area contributed by atoms with Gasteiger partial charge in [-0.1, -0.05) is 55.4 Å². The summed E-state index contributed by atoms with van der Waals surface area (Å²) in [5, 5.41) is 15.4. The summed E-state index contributed by atoms with van der Waals surface area (Å²) in [4.78, 5) is 24.9. The Hall–Kier alpha value is -2.84. The van der Waals surface area contributed by atoms with Crippen molar-refractivity contribution in [3.8, 4) is 0 Å². The Kier molecular flexibility index (Phi) is 7.93. The predicted molar refractivity (Wildman–Crippen MR) is 128 cm³/mol. The van der Waals surface area contributed by atoms with Gasteiger partial charge in [0.1, 0.15) is 0 Å². The first-order valence-corrected chi connectivity index (χ1v) is 11.6. The molecule has 0 spiro atoms. The van der Waals surface area contributed by atoms with Crippen LogP contribution in [-0.4, -0.2) is 32.3 Å². The molecule has 0 bridgehead atoms. The second-order valence-corrected chi connectivity index (χ2v) is 9.06. The fraction of sp³-hybridized carbons (Fsp3) is 0.304. The number of anilines is 1. The number of carbonyl (C=O) groups excluding carboxylic acids is 2. The standard InChI is InChI=1S/C23H26ClN5O2S/c1-14(2)18-7-5-6-8-19(18)26-20(30)13-32-23-28-27-21(29(23)4)15(3)25-22(31)16-9-11-17(24)12-10-16/h5-12,14-15H,13H2,1-4H3,(H,25,31)(H,26,30)/t15-/m1/s1. The number of hydrogen-bond acceptors (Lipinski definition) is 5. The maximum Gasteiger partial charge on any atom is 0.251 e. The summed E-state index contributed by atoms with van der Waals surface area (Å²) in [7, 11) is 1.81. The number of benzene rings is 2. The number of amides is 2. The minimum atomic E-state index is -0.364. The molecule has 2 amide bonds. The first kappa shape index (κ1) is 23.8.